The minimum Gasteiger partial charge on any atom is -0.383 e. The van der Waals surface area contributed by atoms with E-state index in [1.807, 2.05) is 23.1 Å². The van der Waals surface area contributed by atoms with Crippen LogP contribution in [0.1, 0.15) is 12.8 Å². The maximum absolute atomic E-state index is 12.7. The summed E-state index contributed by atoms with van der Waals surface area (Å²) in [6.07, 6.45) is -3.22. The van der Waals surface area contributed by atoms with Gasteiger partial charge in [-0.05, 0) is 31.5 Å². The van der Waals surface area contributed by atoms with Gasteiger partial charge in [-0.25, -0.2) is 0 Å². The molecule has 2 nitrogen and oxygen atoms in total. The Labute approximate surface area is 121 Å². The fourth-order valence-corrected chi connectivity index (χ4v) is 2.68. The minimum atomic E-state index is -4.07. The summed E-state index contributed by atoms with van der Waals surface area (Å²) in [6, 6.07) is 7.35. The lowest BCUT2D eigenvalue weighted by Crippen LogP contribution is -2.43. The van der Waals surface area contributed by atoms with E-state index in [4.69, 9.17) is 11.6 Å². The lowest BCUT2D eigenvalue weighted by molar-refractivity contribution is -0.186. The van der Waals surface area contributed by atoms with Crippen LogP contribution in [0.15, 0.2) is 24.3 Å². The third-order valence-corrected chi connectivity index (χ3v) is 3.92. The van der Waals surface area contributed by atoms with Crippen molar-refractivity contribution in [1.82, 2.24) is 4.90 Å². The first kappa shape index (κ1) is 15.4. The molecule has 1 aromatic carbocycles. The van der Waals surface area contributed by atoms with Crippen LogP contribution in [0.2, 0.25) is 5.02 Å². The van der Waals surface area contributed by atoms with Gasteiger partial charge in [0.05, 0.1) is 16.6 Å². The summed E-state index contributed by atoms with van der Waals surface area (Å²) < 4.78 is 38.1. The molecular weight excluding hydrogens is 289 g/mol. The molecule has 1 aliphatic heterocycles. The maximum Gasteiger partial charge on any atom is 0.393 e. The van der Waals surface area contributed by atoms with Crippen LogP contribution >= 0.6 is 11.6 Å². The van der Waals surface area contributed by atoms with Crippen LogP contribution in [-0.4, -0.2) is 37.3 Å². The molecule has 1 aliphatic rings. The van der Waals surface area contributed by atoms with Gasteiger partial charge in [-0.15, -0.1) is 0 Å². The van der Waals surface area contributed by atoms with Gasteiger partial charge in [0.15, 0.2) is 0 Å². The van der Waals surface area contributed by atoms with E-state index in [0.717, 1.165) is 12.2 Å². The number of nitrogens with one attached hydrogen (secondary N) is 1. The SMILES string of the molecule is FC(F)(F)C1CCCN(CCNc2ccccc2Cl)C1. The van der Waals surface area contributed by atoms with Gasteiger partial charge in [-0.3, -0.25) is 0 Å². The Hall–Kier alpha value is -0.940. The van der Waals surface area contributed by atoms with Crippen molar-refractivity contribution in [3.05, 3.63) is 29.3 Å². The highest BCUT2D eigenvalue weighted by molar-refractivity contribution is 6.33. The second-order valence-corrected chi connectivity index (χ2v) is 5.50. The van der Waals surface area contributed by atoms with Crippen LogP contribution in [0, 0.1) is 5.92 Å². The quantitative estimate of drug-likeness (QED) is 0.903. The molecule has 112 valence electrons. The van der Waals surface area contributed by atoms with Gasteiger partial charge in [0.25, 0.3) is 0 Å². The first-order valence-electron chi connectivity index (χ1n) is 6.74. The van der Waals surface area contributed by atoms with Crippen molar-refractivity contribution in [1.29, 1.82) is 0 Å². The van der Waals surface area contributed by atoms with E-state index in [0.29, 0.717) is 24.5 Å². The third kappa shape index (κ3) is 4.28. The molecule has 0 aliphatic carbocycles. The molecule has 0 bridgehead atoms. The van der Waals surface area contributed by atoms with E-state index in [1.54, 1.807) is 6.07 Å². The summed E-state index contributed by atoms with van der Waals surface area (Å²) in [5.74, 6) is -1.18. The molecule has 2 rings (SSSR count). The summed E-state index contributed by atoms with van der Waals surface area (Å²) in [5.41, 5.74) is 0.818. The fourth-order valence-electron chi connectivity index (χ4n) is 2.48. The number of hydrogen-bond donors (Lipinski definition) is 1. The Morgan fingerprint density at radius 1 is 1.30 bits per heavy atom. The van der Waals surface area contributed by atoms with Gasteiger partial charge < -0.3 is 10.2 Å². The number of likely N-dealkylation sites (tertiary alicyclic amines) is 1. The van der Waals surface area contributed by atoms with Crippen molar-refractivity contribution in [2.24, 2.45) is 5.92 Å². The highest BCUT2D eigenvalue weighted by Gasteiger charge is 2.41. The predicted molar refractivity (Wildman–Crippen MR) is 75.2 cm³/mol. The summed E-state index contributed by atoms with van der Waals surface area (Å²) in [4.78, 5) is 1.87. The highest BCUT2D eigenvalue weighted by Crippen LogP contribution is 2.32. The molecule has 1 N–H and O–H groups in total. The number of halogens is 4. The van der Waals surface area contributed by atoms with Crippen molar-refractivity contribution in [3.8, 4) is 0 Å². The number of nitrogens with zero attached hydrogens (tertiary/aromatic N) is 1. The molecule has 0 radical (unpaired) electrons. The summed E-state index contributed by atoms with van der Waals surface area (Å²) >= 11 is 6.00. The molecule has 0 amide bonds. The molecular formula is C14H18ClF3N2. The largest absolute Gasteiger partial charge is 0.393 e. The van der Waals surface area contributed by atoms with Gasteiger partial charge >= 0.3 is 6.18 Å². The fraction of sp³-hybridized carbons (Fsp3) is 0.571. The maximum atomic E-state index is 12.7. The van der Waals surface area contributed by atoms with E-state index in [1.165, 1.54) is 0 Å². The topological polar surface area (TPSA) is 15.3 Å². The highest BCUT2D eigenvalue weighted by atomic mass is 35.5. The van der Waals surface area contributed by atoms with Gasteiger partial charge in [0.2, 0.25) is 0 Å². The van der Waals surface area contributed by atoms with E-state index in [-0.39, 0.29) is 13.0 Å². The molecule has 1 fully saturated rings. The van der Waals surface area contributed by atoms with Crippen molar-refractivity contribution in [2.75, 3.05) is 31.5 Å². The van der Waals surface area contributed by atoms with Crippen LogP contribution in [0.25, 0.3) is 0 Å². The zero-order valence-electron chi connectivity index (χ0n) is 11.1. The lowest BCUT2D eigenvalue weighted by atomic mass is 9.97. The molecule has 0 aromatic heterocycles. The average Bonchev–Trinajstić information content (AvgIpc) is 2.40. The van der Waals surface area contributed by atoms with E-state index in [9.17, 15) is 13.2 Å². The van der Waals surface area contributed by atoms with E-state index >= 15 is 0 Å². The molecule has 0 saturated carbocycles. The second kappa shape index (κ2) is 6.68. The molecule has 1 atom stereocenters. The predicted octanol–water partition coefficient (Wildman–Crippen LogP) is 4.03. The number of piperidine rings is 1. The number of hydrogen-bond acceptors (Lipinski definition) is 2. The second-order valence-electron chi connectivity index (χ2n) is 5.09. The van der Waals surface area contributed by atoms with Crippen LogP contribution < -0.4 is 5.32 Å². The van der Waals surface area contributed by atoms with E-state index in [2.05, 4.69) is 5.32 Å². The monoisotopic (exact) mass is 306 g/mol. The Bertz CT molecular complexity index is 437. The van der Waals surface area contributed by atoms with Gasteiger partial charge in [0, 0.05) is 19.6 Å². The van der Waals surface area contributed by atoms with Crippen molar-refractivity contribution in [3.63, 3.8) is 0 Å². The first-order chi connectivity index (χ1) is 9.47. The smallest absolute Gasteiger partial charge is 0.383 e. The number of benzene rings is 1. The summed E-state index contributed by atoms with van der Waals surface area (Å²) in [6.45, 7) is 2.02. The standard InChI is InChI=1S/C14H18ClF3N2/c15-12-5-1-2-6-13(12)19-7-9-20-8-3-4-11(10-20)14(16,17)18/h1-2,5-6,11,19H,3-4,7-10H2. The first-order valence-corrected chi connectivity index (χ1v) is 7.12. The van der Waals surface area contributed by atoms with Crippen molar-refractivity contribution >= 4 is 17.3 Å². The van der Waals surface area contributed by atoms with Crippen LogP contribution in [0.5, 0.6) is 0 Å². The Balaban J connectivity index is 1.78. The van der Waals surface area contributed by atoms with Crippen molar-refractivity contribution in [2.45, 2.75) is 19.0 Å². The molecule has 20 heavy (non-hydrogen) atoms. The van der Waals surface area contributed by atoms with Crippen molar-refractivity contribution < 1.29 is 13.2 Å². The number of alkyl halides is 3. The Morgan fingerprint density at radius 3 is 2.75 bits per heavy atom. The normalized spacial score (nSPS) is 20.9. The molecule has 1 aromatic rings. The number of anilines is 1. The number of rotatable bonds is 4. The van der Waals surface area contributed by atoms with Gasteiger partial charge in [0.1, 0.15) is 0 Å². The van der Waals surface area contributed by atoms with Crippen LogP contribution in [0.4, 0.5) is 18.9 Å². The van der Waals surface area contributed by atoms with Gasteiger partial charge in [-0.2, -0.15) is 13.2 Å². The number of para-hydroxylation sites is 1. The molecule has 1 heterocycles. The van der Waals surface area contributed by atoms with E-state index < -0.39 is 12.1 Å². The molecule has 6 heteroatoms. The molecule has 1 saturated heterocycles. The average molecular weight is 307 g/mol. The van der Waals surface area contributed by atoms with Gasteiger partial charge in [-0.1, -0.05) is 23.7 Å². The Morgan fingerprint density at radius 2 is 2.05 bits per heavy atom. The zero-order valence-corrected chi connectivity index (χ0v) is 11.8. The minimum absolute atomic E-state index is 0.105. The third-order valence-electron chi connectivity index (χ3n) is 3.59. The van der Waals surface area contributed by atoms with Crippen LogP contribution in [0.3, 0.4) is 0 Å². The summed E-state index contributed by atoms with van der Waals surface area (Å²) in [7, 11) is 0. The lowest BCUT2D eigenvalue weighted by Gasteiger charge is -2.33. The molecule has 1 unspecified atom stereocenters. The Kier molecular flexibility index (Phi) is 5.16. The summed E-state index contributed by atoms with van der Waals surface area (Å²) in [5, 5.41) is 3.78. The molecule has 0 spiro atoms. The zero-order chi connectivity index (χ0) is 14.6. The van der Waals surface area contributed by atoms with Crippen LogP contribution in [-0.2, 0) is 0 Å².